The highest BCUT2D eigenvalue weighted by Crippen LogP contribution is 2.15. The second-order valence-electron chi connectivity index (χ2n) is 4.86. The van der Waals surface area contributed by atoms with Gasteiger partial charge in [0.25, 0.3) is 0 Å². The summed E-state index contributed by atoms with van der Waals surface area (Å²) >= 11 is 0. The lowest BCUT2D eigenvalue weighted by Gasteiger charge is -2.15. The Bertz CT molecular complexity index is 695. The molecule has 0 saturated carbocycles. The summed E-state index contributed by atoms with van der Waals surface area (Å²) in [6.45, 7) is 1.84. The molecule has 2 aromatic carbocycles. The second-order valence-corrected chi connectivity index (χ2v) is 4.86. The van der Waals surface area contributed by atoms with Gasteiger partial charge in [-0.1, -0.05) is 30.3 Å². The van der Waals surface area contributed by atoms with Crippen LogP contribution in [0, 0.1) is 17.1 Å². The molecule has 0 saturated heterocycles. The van der Waals surface area contributed by atoms with E-state index in [0.717, 1.165) is 11.6 Å². The first-order chi connectivity index (χ1) is 10.6. The largest absolute Gasteiger partial charge is 0.374 e. The van der Waals surface area contributed by atoms with Gasteiger partial charge in [-0.3, -0.25) is 4.79 Å². The Morgan fingerprint density at radius 1 is 1.27 bits per heavy atom. The molecule has 2 rings (SSSR count). The van der Waals surface area contributed by atoms with Crippen molar-refractivity contribution >= 4 is 11.6 Å². The fraction of sp³-hybridized carbons (Fsp3) is 0.176. The van der Waals surface area contributed by atoms with Crippen molar-refractivity contribution in [2.45, 2.75) is 13.0 Å². The molecule has 5 heteroatoms. The predicted molar refractivity (Wildman–Crippen MR) is 82.6 cm³/mol. The highest BCUT2D eigenvalue weighted by atomic mass is 19.1. The van der Waals surface area contributed by atoms with Crippen LogP contribution in [0.5, 0.6) is 0 Å². The molecule has 112 valence electrons. The normalized spacial score (nSPS) is 11.3. The summed E-state index contributed by atoms with van der Waals surface area (Å²) in [6.07, 6.45) is 0. The number of amides is 1. The van der Waals surface area contributed by atoms with E-state index in [-0.39, 0.29) is 29.7 Å². The van der Waals surface area contributed by atoms with Crippen molar-refractivity contribution in [3.63, 3.8) is 0 Å². The zero-order valence-electron chi connectivity index (χ0n) is 12.1. The molecule has 1 atom stereocenters. The molecule has 0 aliphatic rings. The summed E-state index contributed by atoms with van der Waals surface area (Å²) in [6, 6.07) is 15.4. The molecule has 0 aliphatic heterocycles. The fourth-order valence-corrected chi connectivity index (χ4v) is 2.02. The molecule has 0 aromatic heterocycles. The molecule has 4 nitrogen and oxygen atoms in total. The van der Waals surface area contributed by atoms with Crippen LogP contribution in [0.1, 0.15) is 24.1 Å². The van der Waals surface area contributed by atoms with Gasteiger partial charge in [0.05, 0.1) is 29.9 Å². The summed E-state index contributed by atoms with van der Waals surface area (Å²) in [7, 11) is 0. The lowest BCUT2D eigenvalue weighted by molar-refractivity contribution is -0.120. The van der Waals surface area contributed by atoms with Crippen LogP contribution in [-0.4, -0.2) is 12.5 Å². The van der Waals surface area contributed by atoms with Gasteiger partial charge in [0.2, 0.25) is 5.91 Å². The Morgan fingerprint density at radius 3 is 2.64 bits per heavy atom. The number of rotatable bonds is 5. The quantitative estimate of drug-likeness (QED) is 0.891. The molecule has 0 bridgehead atoms. The van der Waals surface area contributed by atoms with Gasteiger partial charge >= 0.3 is 0 Å². The van der Waals surface area contributed by atoms with Crippen molar-refractivity contribution in [2.24, 2.45) is 0 Å². The number of carbonyl (C=O) groups is 1. The summed E-state index contributed by atoms with van der Waals surface area (Å²) in [4.78, 5) is 11.9. The molecule has 0 aliphatic carbocycles. The SMILES string of the molecule is C[C@@H](NC(=O)CNc1ccc(C#N)cc1F)c1ccccc1. The van der Waals surface area contributed by atoms with Crippen molar-refractivity contribution in [3.05, 3.63) is 65.5 Å². The van der Waals surface area contributed by atoms with Crippen LogP contribution >= 0.6 is 0 Å². The predicted octanol–water partition coefficient (Wildman–Crippen LogP) is 2.99. The number of carbonyl (C=O) groups excluding carboxylic acids is 1. The van der Waals surface area contributed by atoms with Crippen molar-refractivity contribution in [3.8, 4) is 6.07 Å². The van der Waals surface area contributed by atoms with Gasteiger partial charge in [-0.2, -0.15) is 5.26 Å². The van der Waals surface area contributed by atoms with Gasteiger partial charge in [0.1, 0.15) is 5.82 Å². The van der Waals surface area contributed by atoms with Gasteiger partial charge in [-0.05, 0) is 30.7 Å². The van der Waals surface area contributed by atoms with Gasteiger partial charge in [-0.15, -0.1) is 0 Å². The standard InChI is InChI=1S/C17H16FN3O/c1-12(14-5-3-2-4-6-14)21-17(22)11-20-16-8-7-13(10-19)9-15(16)18/h2-9,12,20H,11H2,1H3,(H,21,22)/t12-/m1/s1. The first-order valence-electron chi connectivity index (χ1n) is 6.88. The maximum atomic E-state index is 13.7. The molecule has 2 aromatic rings. The molecule has 0 heterocycles. The van der Waals surface area contributed by atoms with Crippen molar-refractivity contribution in [2.75, 3.05) is 11.9 Å². The Balaban J connectivity index is 1.89. The smallest absolute Gasteiger partial charge is 0.239 e. The van der Waals surface area contributed by atoms with Crippen LogP contribution in [0.4, 0.5) is 10.1 Å². The summed E-state index contributed by atoms with van der Waals surface area (Å²) < 4.78 is 13.7. The van der Waals surface area contributed by atoms with E-state index < -0.39 is 5.82 Å². The summed E-state index contributed by atoms with van der Waals surface area (Å²) in [5.41, 5.74) is 1.44. The number of hydrogen-bond acceptors (Lipinski definition) is 3. The van der Waals surface area contributed by atoms with Crippen LogP contribution in [0.25, 0.3) is 0 Å². The molecular formula is C17H16FN3O. The summed E-state index contributed by atoms with van der Waals surface area (Å²) in [5, 5.41) is 14.2. The van der Waals surface area contributed by atoms with Gasteiger partial charge in [-0.25, -0.2) is 4.39 Å². The van der Waals surface area contributed by atoms with E-state index in [1.807, 2.05) is 43.3 Å². The molecule has 0 unspecified atom stereocenters. The topological polar surface area (TPSA) is 64.9 Å². The Hall–Kier alpha value is -2.87. The minimum absolute atomic E-state index is 0.0417. The van der Waals surface area contributed by atoms with Crippen LogP contribution < -0.4 is 10.6 Å². The van der Waals surface area contributed by atoms with Gasteiger partial charge < -0.3 is 10.6 Å². The van der Waals surface area contributed by atoms with Gasteiger partial charge in [0.15, 0.2) is 0 Å². The number of nitriles is 1. The van der Waals surface area contributed by atoms with Crippen molar-refractivity contribution < 1.29 is 9.18 Å². The van der Waals surface area contributed by atoms with E-state index in [1.54, 1.807) is 0 Å². The highest BCUT2D eigenvalue weighted by Gasteiger charge is 2.10. The fourth-order valence-electron chi connectivity index (χ4n) is 2.02. The number of anilines is 1. The molecule has 0 fully saturated rings. The van der Waals surface area contributed by atoms with Crippen LogP contribution in [-0.2, 0) is 4.79 Å². The third-order valence-electron chi connectivity index (χ3n) is 3.21. The average Bonchev–Trinajstić information content (AvgIpc) is 2.54. The Labute approximate surface area is 128 Å². The van der Waals surface area contributed by atoms with E-state index in [4.69, 9.17) is 5.26 Å². The minimum Gasteiger partial charge on any atom is -0.374 e. The van der Waals surface area contributed by atoms with E-state index in [2.05, 4.69) is 10.6 Å². The number of hydrogen-bond donors (Lipinski definition) is 2. The van der Waals surface area contributed by atoms with E-state index >= 15 is 0 Å². The Morgan fingerprint density at radius 2 is 2.00 bits per heavy atom. The van der Waals surface area contributed by atoms with E-state index in [1.165, 1.54) is 12.1 Å². The third kappa shape index (κ3) is 4.06. The number of halogens is 1. The Kier molecular flexibility index (Phi) is 5.10. The lowest BCUT2D eigenvalue weighted by atomic mass is 10.1. The van der Waals surface area contributed by atoms with Crippen LogP contribution in [0.2, 0.25) is 0 Å². The molecule has 0 radical (unpaired) electrons. The first kappa shape index (κ1) is 15.5. The maximum absolute atomic E-state index is 13.7. The zero-order chi connectivity index (χ0) is 15.9. The molecule has 0 spiro atoms. The number of nitrogens with zero attached hydrogens (tertiary/aromatic N) is 1. The first-order valence-corrected chi connectivity index (χ1v) is 6.88. The van der Waals surface area contributed by atoms with Crippen molar-refractivity contribution in [1.29, 1.82) is 5.26 Å². The number of nitrogens with one attached hydrogen (secondary N) is 2. The molecular weight excluding hydrogens is 281 g/mol. The monoisotopic (exact) mass is 297 g/mol. The number of benzene rings is 2. The van der Waals surface area contributed by atoms with Crippen LogP contribution in [0.15, 0.2) is 48.5 Å². The second kappa shape index (κ2) is 7.23. The van der Waals surface area contributed by atoms with Crippen molar-refractivity contribution in [1.82, 2.24) is 5.32 Å². The summed E-state index contributed by atoms with van der Waals surface area (Å²) in [5.74, 6) is -0.789. The third-order valence-corrected chi connectivity index (χ3v) is 3.21. The average molecular weight is 297 g/mol. The molecule has 22 heavy (non-hydrogen) atoms. The van der Waals surface area contributed by atoms with Crippen LogP contribution in [0.3, 0.4) is 0 Å². The highest BCUT2D eigenvalue weighted by molar-refractivity contribution is 5.81. The lowest BCUT2D eigenvalue weighted by Crippen LogP contribution is -2.32. The van der Waals surface area contributed by atoms with E-state index in [9.17, 15) is 9.18 Å². The molecule has 1 amide bonds. The zero-order valence-corrected chi connectivity index (χ0v) is 12.1. The van der Waals surface area contributed by atoms with E-state index in [0.29, 0.717) is 0 Å². The maximum Gasteiger partial charge on any atom is 0.239 e. The minimum atomic E-state index is -0.553. The molecule has 2 N–H and O–H groups in total. The van der Waals surface area contributed by atoms with Gasteiger partial charge in [0, 0.05) is 0 Å².